The molecular weight excluding hydrogens is 294 g/mol. The van der Waals surface area contributed by atoms with Crippen LogP contribution in [0.4, 0.5) is 0 Å². The molecule has 1 fully saturated rings. The van der Waals surface area contributed by atoms with E-state index in [1.54, 1.807) is 0 Å². The zero-order valence-corrected chi connectivity index (χ0v) is 15.1. The molecule has 2 aromatic rings. The van der Waals surface area contributed by atoms with Gasteiger partial charge in [0.15, 0.2) is 0 Å². The Bertz CT molecular complexity index is 650. The number of nitrogens with one attached hydrogen (secondary N) is 1. The number of hydrogen-bond donors (Lipinski definition) is 1. The molecule has 0 spiro atoms. The lowest BCUT2D eigenvalue weighted by atomic mass is 10.0. The molecule has 1 aliphatic rings. The molecule has 1 atom stereocenters. The predicted molar refractivity (Wildman–Crippen MR) is 102 cm³/mol. The van der Waals surface area contributed by atoms with Crippen LogP contribution >= 0.6 is 0 Å². The van der Waals surface area contributed by atoms with Gasteiger partial charge in [-0.25, -0.2) is 5.01 Å². The third-order valence-electron chi connectivity index (χ3n) is 5.09. The van der Waals surface area contributed by atoms with Crippen LogP contribution in [-0.4, -0.2) is 36.6 Å². The van der Waals surface area contributed by atoms with Crippen molar-refractivity contribution < 1.29 is 0 Å². The summed E-state index contributed by atoms with van der Waals surface area (Å²) in [5.74, 6) is 0. The quantitative estimate of drug-likeness (QED) is 0.813. The van der Waals surface area contributed by atoms with Gasteiger partial charge in [-0.15, -0.1) is 0 Å². The smallest absolute Gasteiger partial charge is 0.0378 e. The van der Waals surface area contributed by atoms with Gasteiger partial charge < -0.3 is 0 Å². The SMILES string of the molecule is CNN(C)Cc1cccc(-c2ccc(CN3CCC[C@H]3C)cc2)c1. The van der Waals surface area contributed by atoms with Crippen molar-refractivity contribution in [3.05, 3.63) is 59.7 Å². The monoisotopic (exact) mass is 323 g/mol. The Hall–Kier alpha value is -1.68. The van der Waals surface area contributed by atoms with E-state index in [1.165, 1.54) is 41.6 Å². The molecule has 2 aromatic carbocycles. The zero-order chi connectivity index (χ0) is 16.9. The highest BCUT2D eigenvalue weighted by molar-refractivity contribution is 5.64. The van der Waals surface area contributed by atoms with Crippen LogP contribution in [-0.2, 0) is 13.1 Å². The molecule has 0 bridgehead atoms. The summed E-state index contributed by atoms with van der Waals surface area (Å²) < 4.78 is 0. The first-order valence-electron chi connectivity index (χ1n) is 8.96. The van der Waals surface area contributed by atoms with E-state index in [1.807, 2.05) is 7.05 Å². The summed E-state index contributed by atoms with van der Waals surface area (Å²) in [4.78, 5) is 2.59. The predicted octanol–water partition coefficient (Wildman–Crippen LogP) is 3.90. The standard InChI is InChI=1S/C21H29N3/c1-17-6-5-13-24(17)16-18-9-11-20(12-10-18)21-8-4-7-19(14-21)15-23(3)22-2/h4,7-12,14,17,22H,5-6,13,15-16H2,1-3H3/t17-/m1/s1. The maximum atomic E-state index is 3.15. The highest BCUT2D eigenvalue weighted by atomic mass is 15.5. The van der Waals surface area contributed by atoms with E-state index in [4.69, 9.17) is 0 Å². The van der Waals surface area contributed by atoms with E-state index in [0.717, 1.165) is 19.1 Å². The van der Waals surface area contributed by atoms with Crippen molar-refractivity contribution in [3.63, 3.8) is 0 Å². The van der Waals surface area contributed by atoms with E-state index in [9.17, 15) is 0 Å². The molecule has 0 radical (unpaired) electrons. The molecule has 1 saturated heterocycles. The van der Waals surface area contributed by atoms with E-state index in [2.05, 4.69) is 77.8 Å². The first kappa shape index (κ1) is 17.2. The Kier molecular flexibility index (Phi) is 5.67. The molecular formula is C21H29N3. The minimum absolute atomic E-state index is 0.727. The Labute approximate surface area is 146 Å². The van der Waals surface area contributed by atoms with Crippen LogP contribution in [0.1, 0.15) is 30.9 Å². The zero-order valence-electron chi connectivity index (χ0n) is 15.1. The van der Waals surface area contributed by atoms with Crippen molar-refractivity contribution in [1.82, 2.24) is 15.3 Å². The highest BCUT2D eigenvalue weighted by Gasteiger charge is 2.19. The van der Waals surface area contributed by atoms with E-state index in [-0.39, 0.29) is 0 Å². The Morgan fingerprint density at radius 2 is 1.88 bits per heavy atom. The number of likely N-dealkylation sites (tertiary alicyclic amines) is 1. The molecule has 3 nitrogen and oxygen atoms in total. The number of benzene rings is 2. The van der Waals surface area contributed by atoms with Gasteiger partial charge in [0.25, 0.3) is 0 Å². The van der Waals surface area contributed by atoms with Crippen LogP contribution in [0.5, 0.6) is 0 Å². The molecule has 0 saturated carbocycles. The first-order valence-corrected chi connectivity index (χ1v) is 8.96. The summed E-state index contributed by atoms with van der Waals surface area (Å²) >= 11 is 0. The summed E-state index contributed by atoms with van der Waals surface area (Å²) in [5, 5.41) is 2.08. The average molecular weight is 323 g/mol. The van der Waals surface area contributed by atoms with E-state index < -0.39 is 0 Å². The van der Waals surface area contributed by atoms with Gasteiger partial charge in [-0.3, -0.25) is 10.3 Å². The Balaban J connectivity index is 1.70. The van der Waals surface area contributed by atoms with Gasteiger partial charge in [0.2, 0.25) is 0 Å². The first-order chi connectivity index (χ1) is 11.7. The van der Waals surface area contributed by atoms with Crippen molar-refractivity contribution in [2.45, 2.75) is 38.9 Å². The van der Waals surface area contributed by atoms with Gasteiger partial charge in [0, 0.05) is 26.2 Å². The fraction of sp³-hybridized carbons (Fsp3) is 0.429. The molecule has 0 unspecified atom stereocenters. The second kappa shape index (κ2) is 7.93. The van der Waals surface area contributed by atoms with Gasteiger partial charge in [-0.1, -0.05) is 42.5 Å². The van der Waals surface area contributed by atoms with Gasteiger partial charge in [0.1, 0.15) is 0 Å². The third kappa shape index (κ3) is 4.23. The van der Waals surface area contributed by atoms with Crippen molar-refractivity contribution in [3.8, 4) is 11.1 Å². The van der Waals surface area contributed by atoms with E-state index >= 15 is 0 Å². The molecule has 128 valence electrons. The number of nitrogens with zero attached hydrogens (tertiary/aromatic N) is 2. The number of hydrazine groups is 1. The lowest BCUT2D eigenvalue weighted by Gasteiger charge is -2.21. The molecule has 0 aliphatic carbocycles. The van der Waals surface area contributed by atoms with Crippen LogP contribution in [0.2, 0.25) is 0 Å². The second-order valence-electron chi connectivity index (χ2n) is 6.94. The number of hydrogen-bond acceptors (Lipinski definition) is 3. The maximum absolute atomic E-state index is 3.15. The van der Waals surface area contributed by atoms with Crippen LogP contribution in [0, 0.1) is 0 Å². The molecule has 1 N–H and O–H groups in total. The lowest BCUT2D eigenvalue weighted by molar-refractivity contribution is 0.252. The van der Waals surface area contributed by atoms with E-state index in [0.29, 0.717) is 0 Å². The summed E-state index contributed by atoms with van der Waals surface area (Å²) in [6.07, 6.45) is 2.68. The molecule has 24 heavy (non-hydrogen) atoms. The highest BCUT2D eigenvalue weighted by Crippen LogP contribution is 2.24. The fourth-order valence-corrected chi connectivity index (χ4v) is 3.47. The van der Waals surface area contributed by atoms with Crippen LogP contribution in [0.3, 0.4) is 0 Å². The van der Waals surface area contributed by atoms with Crippen molar-refractivity contribution in [2.24, 2.45) is 0 Å². The van der Waals surface area contributed by atoms with Crippen LogP contribution < -0.4 is 5.43 Å². The second-order valence-corrected chi connectivity index (χ2v) is 6.94. The largest absolute Gasteiger partial charge is 0.296 e. The summed E-state index contributed by atoms with van der Waals surface area (Å²) in [6, 6.07) is 18.6. The van der Waals surface area contributed by atoms with Crippen molar-refractivity contribution in [1.29, 1.82) is 0 Å². The maximum Gasteiger partial charge on any atom is 0.0378 e. The van der Waals surface area contributed by atoms with Crippen LogP contribution in [0.15, 0.2) is 48.5 Å². The summed E-state index contributed by atoms with van der Waals surface area (Å²) in [7, 11) is 4.00. The minimum atomic E-state index is 0.727. The van der Waals surface area contributed by atoms with Gasteiger partial charge in [-0.05, 0) is 61.7 Å². The fourth-order valence-electron chi connectivity index (χ4n) is 3.47. The average Bonchev–Trinajstić information content (AvgIpc) is 3.00. The normalized spacial score (nSPS) is 18.4. The molecule has 1 heterocycles. The summed E-state index contributed by atoms with van der Waals surface area (Å²) in [6.45, 7) is 5.56. The molecule has 3 heteroatoms. The molecule has 0 aromatic heterocycles. The molecule has 1 aliphatic heterocycles. The van der Waals surface area contributed by atoms with Crippen LogP contribution in [0.25, 0.3) is 11.1 Å². The van der Waals surface area contributed by atoms with Gasteiger partial charge in [-0.2, -0.15) is 0 Å². The third-order valence-corrected chi connectivity index (χ3v) is 5.09. The Morgan fingerprint density at radius 1 is 1.08 bits per heavy atom. The summed E-state index contributed by atoms with van der Waals surface area (Å²) in [5.41, 5.74) is 8.46. The van der Waals surface area contributed by atoms with Gasteiger partial charge in [0.05, 0.1) is 0 Å². The van der Waals surface area contributed by atoms with Crippen molar-refractivity contribution >= 4 is 0 Å². The topological polar surface area (TPSA) is 18.5 Å². The molecule has 0 amide bonds. The Morgan fingerprint density at radius 3 is 2.54 bits per heavy atom. The van der Waals surface area contributed by atoms with Gasteiger partial charge >= 0.3 is 0 Å². The lowest BCUT2D eigenvalue weighted by Crippen LogP contribution is -2.29. The number of rotatable bonds is 6. The van der Waals surface area contributed by atoms with Crippen molar-refractivity contribution in [2.75, 3.05) is 20.6 Å². The minimum Gasteiger partial charge on any atom is -0.296 e. The molecule has 3 rings (SSSR count).